The monoisotopic (exact) mass is 438 g/mol. The van der Waals surface area contributed by atoms with Crippen molar-refractivity contribution in [3.63, 3.8) is 0 Å². The molecule has 0 spiro atoms. The van der Waals surface area contributed by atoms with Gasteiger partial charge in [-0.05, 0) is 34.6 Å². The summed E-state index contributed by atoms with van der Waals surface area (Å²) in [6.07, 6.45) is -0.522. The van der Waals surface area contributed by atoms with Crippen molar-refractivity contribution in [3.8, 4) is 11.1 Å². The van der Waals surface area contributed by atoms with Crippen LogP contribution in [0.1, 0.15) is 43.7 Å². The molecule has 7 nitrogen and oxygen atoms in total. The average Bonchev–Trinajstić information content (AvgIpc) is 3.08. The molecule has 7 heteroatoms. The summed E-state index contributed by atoms with van der Waals surface area (Å²) in [7, 11) is 1.61. The first-order chi connectivity index (χ1) is 15.3. The van der Waals surface area contributed by atoms with Gasteiger partial charge in [0.1, 0.15) is 12.6 Å². The number of likely N-dealkylation sites (N-methyl/N-ethyl adjacent to an activating group) is 1. The Kier molecular flexibility index (Phi) is 7.51. The summed E-state index contributed by atoms with van der Waals surface area (Å²) in [6, 6.07) is 14.8. The van der Waals surface area contributed by atoms with Gasteiger partial charge in [-0.25, -0.2) is 4.79 Å². The van der Waals surface area contributed by atoms with Crippen molar-refractivity contribution in [2.24, 2.45) is 5.92 Å². The number of fused-ring (bicyclic) bond motifs is 3. The van der Waals surface area contributed by atoms with Gasteiger partial charge >= 0.3 is 12.1 Å². The van der Waals surface area contributed by atoms with Crippen molar-refractivity contribution in [2.75, 3.05) is 20.2 Å². The summed E-state index contributed by atoms with van der Waals surface area (Å²) < 4.78 is 5.47. The van der Waals surface area contributed by atoms with Crippen LogP contribution < -0.4 is 5.32 Å². The zero-order valence-electron chi connectivity index (χ0n) is 18.7. The second-order valence-corrected chi connectivity index (χ2v) is 8.56. The molecule has 0 aliphatic heterocycles. The van der Waals surface area contributed by atoms with Crippen LogP contribution in [0.5, 0.6) is 0 Å². The average molecular weight is 439 g/mol. The van der Waals surface area contributed by atoms with Crippen LogP contribution in [-0.4, -0.2) is 54.2 Å². The maximum absolute atomic E-state index is 12.7. The number of alkyl carbamates (subject to hydrolysis) is 1. The van der Waals surface area contributed by atoms with Gasteiger partial charge in [0.05, 0.1) is 6.42 Å². The van der Waals surface area contributed by atoms with Gasteiger partial charge < -0.3 is 20.1 Å². The van der Waals surface area contributed by atoms with Gasteiger partial charge in [0.25, 0.3) is 0 Å². The molecule has 0 saturated carbocycles. The van der Waals surface area contributed by atoms with Gasteiger partial charge in [0.15, 0.2) is 0 Å². The van der Waals surface area contributed by atoms with Crippen molar-refractivity contribution in [1.29, 1.82) is 0 Å². The predicted molar refractivity (Wildman–Crippen MR) is 121 cm³/mol. The number of carboxylic acid groups (broad SMARTS) is 1. The first-order valence-electron chi connectivity index (χ1n) is 10.9. The molecule has 1 unspecified atom stereocenters. The zero-order chi connectivity index (χ0) is 23.3. The Labute approximate surface area is 188 Å². The number of carboxylic acids is 1. The Balaban J connectivity index is 1.65. The minimum Gasteiger partial charge on any atom is -0.481 e. The molecule has 0 saturated heterocycles. The molecule has 1 aliphatic rings. The fraction of sp³-hybridized carbons (Fsp3) is 0.400. The third kappa shape index (κ3) is 5.46. The summed E-state index contributed by atoms with van der Waals surface area (Å²) in [5, 5.41) is 11.7. The Bertz CT molecular complexity index is 942. The molecule has 1 atom stereocenters. The minimum atomic E-state index is -1.18. The Morgan fingerprint density at radius 3 is 2.12 bits per heavy atom. The number of carbonyl (C=O) groups excluding carboxylic acids is 2. The number of aliphatic carboxylic acids is 1. The number of ether oxygens (including phenoxy) is 1. The fourth-order valence-electron chi connectivity index (χ4n) is 3.99. The maximum atomic E-state index is 12.7. The van der Waals surface area contributed by atoms with E-state index in [1.165, 1.54) is 4.90 Å². The lowest BCUT2D eigenvalue weighted by Gasteiger charge is -2.24. The Morgan fingerprint density at radius 1 is 1.03 bits per heavy atom. The zero-order valence-corrected chi connectivity index (χ0v) is 18.7. The number of benzene rings is 2. The summed E-state index contributed by atoms with van der Waals surface area (Å²) in [5.74, 6) is -1.32. The van der Waals surface area contributed by atoms with Crippen molar-refractivity contribution >= 4 is 18.0 Å². The smallest absolute Gasteiger partial charge is 0.407 e. The Morgan fingerprint density at radius 2 is 1.59 bits per heavy atom. The molecule has 0 aromatic heterocycles. The maximum Gasteiger partial charge on any atom is 0.407 e. The summed E-state index contributed by atoms with van der Waals surface area (Å²) in [5.41, 5.74) is 4.38. The molecule has 0 heterocycles. The van der Waals surface area contributed by atoms with E-state index in [0.717, 1.165) is 28.7 Å². The van der Waals surface area contributed by atoms with E-state index in [1.54, 1.807) is 7.05 Å². The second kappa shape index (κ2) is 10.3. The molecule has 1 aliphatic carbocycles. The van der Waals surface area contributed by atoms with Crippen molar-refractivity contribution in [3.05, 3.63) is 59.7 Å². The molecule has 0 bridgehead atoms. The molecule has 2 aromatic rings. The van der Waals surface area contributed by atoms with Crippen molar-refractivity contribution < 1.29 is 24.2 Å². The van der Waals surface area contributed by atoms with Crippen molar-refractivity contribution in [2.45, 2.75) is 38.6 Å². The van der Waals surface area contributed by atoms with Crippen LogP contribution in [0.25, 0.3) is 11.1 Å². The highest BCUT2D eigenvalue weighted by molar-refractivity contribution is 5.89. The number of amides is 2. The summed E-state index contributed by atoms with van der Waals surface area (Å²) in [4.78, 5) is 37.9. The molecule has 2 N–H and O–H groups in total. The highest BCUT2D eigenvalue weighted by Gasteiger charge is 2.31. The first-order valence-corrected chi connectivity index (χ1v) is 10.9. The van der Waals surface area contributed by atoms with Crippen LogP contribution >= 0.6 is 0 Å². The molecule has 0 radical (unpaired) electrons. The van der Waals surface area contributed by atoms with Crippen LogP contribution in [0.2, 0.25) is 0 Å². The van der Waals surface area contributed by atoms with Crippen LogP contribution in [0.4, 0.5) is 4.79 Å². The van der Waals surface area contributed by atoms with E-state index >= 15 is 0 Å². The van der Waals surface area contributed by atoms with E-state index in [0.29, 0.717) is 12.5 Å². The number of nitrogens with one attached hydrogen (secondary N) is 1. The first kappa shape index (κ1) is 23.3. The number of nitrogens with zero attached hydrogens (tertiary/aromatic N) is 1. The third-order valence-electron chi connectivity index (χ3n) is 5.73. The van der Waals surface area contributed by atoms with Crippen molar-refractivity contribution in [1.82, 2.24) is 10.2 Å². The lowest BCUT2D eigenvalue weighted by atomic mass is 9.98. The number of hydrogen-bond donors (Lipinski definition) is 2. The van der Waals surface area contributed by atoms with E-state index in [-0.39, 0.29) is 12.5 Å². The number of carbonyl (C=O) groups is 3. The third-order valence-corrected chi connectivity index (χ3v) is 5.73. The largest absolute Gasteiger partial charge is 0.481 e. The normalized spacial score (nSPS) is 13.2. The van der Waals surface area contributed by atoms with Gasteiger partial charge in [-0.3, -0.25) is 9.59 Å². The molecular formula is C25H30N2O5. The molecule has 170 valence electrons. The molecular weight excluding hydrogens is 408 g/mol. The van der Waals surface area contributed by atoms with Gasteiger partial charge in [-0.2, -0.15) is 0 Å². The van der Waals surface area contributed by atoms with Crippen LogP contribution in [-0.2, 0) is 14.3 Å². The topological polar surface area (TPSA) is 95.9 Å². The van der Waals surface area contributed by atoms with E-state index in [4.69, 9.17) is 4.74 Å². The summed E-state index contributed by atoms with van der Waals surface area (Å²) >= 11 is 0. The quantitative estimate of drug-likeness (QED) is 0.620. The van der Waals surface area contributed by atoms with Gasteiger partial charge in [0, 0.05) is 19.5 Å². The van der Waals surface area contributed by atoms with E-state index in [1.807, 2.05) is 62.4 Å². The predicted octanol–water partition coefficient (Wildman–Crippen LogP) is 3.87. The fourth-order valence-corrected chi connectivity index (χ4v) is 3.99. The van der Waals surface area contributed by atoms with E-state index < -0.39 is 30.4 Å². The van der Waals surface area contributed by atoms with Gasteiger partial charge in [-0.15, -0.1) is 0 Å². The molecule has 32 heavy (non-hydrogen) atoms. The molecule has 0 fully saturated rings. The molecule has 3 rings (SSSR count). The van der Waals surface area contributed by atoms with Gasteiger partial charge in [0.2, 0.25) is 5.91 Å². The van der Waals surface area contributed by atoms with E-state index in [9.17, 15) is 19.5 Å². The second-order valence-electron chi connectivity index (χ2n) is 8.56. The SMILES string of the molecule is CC(C)CCN(C)C(=O)C(CC(=O)O)NC(=O)OCC1c2ccccc2-c2ccccc21. The number of rotatable bonds is 9. The Hall–Kier alpha value is -3.35. The van der Waals surface area contributed by atoms with Gasteiger partial charge in [-0.1, -0.05) is 62.4 Å². The lowest BCUT2D eigenvalue weighted by Crippen LogP contribution is -2.49. The molecule has 2 amide bonds. The lowest BCUT2D eigenvalue weighted by molar-refractivity contribution is -0.142. The minimum absolute atomic E-state index is 0.0943. The van der Waals surface area contributed by atoms with Crippen LogP contribution in [0.3, 0.4) is 0 Å². The van der Waals surface area contributed by atoms with Crippen LogP contribution in [0.15, 0.2) is 48.5 Å². The van der Waals surface area contributed by atoms with Crippen LogP contribution in [0, 0.1) is 5.92 Å². The highest BCUT2D eigenvalue weighted by Crippen LogP contribution is 2.44. The highest BCUT2D eigenvalue weighted by atomic mass is 16.5. The molecule has 2 aromatic carbocycles. The number of hydrogen-bond acceptors (Lipinski definition) is 4. The summed E-state index contributed by atoms with van der Waals surface area (Å²) in [6.45, 7) is 4.67. The van der Waals surface area contributed by atoms with E-state index in [2.05, 4.69) is 5.32 Å². The standard InChI is InChI=1S/C25H30N2O5/c1-16(2)12-13-27(3)24(30)22(14-23(28)29)26-25(31)32-15-21-19-10-6-4-8-17(19)18-9-5-7-11-20(18)21/h4-11,16,21-22H,12-15H2,1-3H3,(H,26,31)(H,28,29).